The highest BCUT2D eigenvalue weighted by Gasteiger charge is 2.29. The first-order valence-electron chi connectivity index (χ1n) is 15.1. The fourth-order valence-electron chi connectivity index (χ4n) is 6.43. The number of aromatic nitrogens is 3. The Balaban J connectivity index is 1.33. The lowest BCUT2D eigenvalue weighted by molar-refractivity contribution is -0.136. The van der Waals surface area contributed by atoms with Gasteiger partial charge in [-0.15, -0.1) is 0 Å². The molecular weight excluding hydrogens is 600 g/mol. The lowest BCUT2D eigenvalue weighted by Gasteiger charge is -2.32. The number of amides is 1. The van der Waals surface area contributed by atoms with Gasteiger partial charge in [0.25, 0.3) is 10.0 Å². The van der Waals surface area contributed by atoms with E-state index in [-0.39, 0.29) is 56.3 Å². The van der Waals surface area contributed by atoms with Gasteiger partial charge in [0.2, 0.25) is 11.6 Å². The Kier molecular flexibility index (Phi) is 8.66. The van der Waals surface area contributed by atoms with Crippen LogP contribution in [0.5, 0.6) is 0 Å². The quantitative estimate of drug-likeness (QED) is 0.229. The third-order valence-corrected chi connectivity index (χ3v) is 10.4. The van der Waals surface area contributed by atoms with Gasteiger partial charge in [0.15, 0.2) is 5.65 Å². The molecular formula is C33H33F2N5O4S. The fraction of sp³-hybridized carbons (Fsp3) is 0.394. The average Bonchev–Trinajstić information content (AvgIpc) is 3.42. The molecule has 0 N–H and O–H groups in total. The Bertz CT molecular complexity index is 1900. The molecule has 4 heterocycles. The van der Waals surface area contributed by atoms with Crippen molar-refractivity contribution in [3.8, 4) is 11.3 Å². The van der Waals surface area contributed by atoms with Gasteiger partial charge >= 0.3 is 0 Å². The van der Waals surface area contributed by atoms with Crippen molar-refractivity contribution in [2.24, 2.45) is 11.8 Å². The Morgan fingerprint density at radius 3 is 2.58 bits per heavy atom. The number of rotatable bonds is 7. The van der Waals surface area contributed by atoms with E-state index >= 15 is 4.39 Å². The number of halogens is 2. The number of morpholine rings is 1. The van der Waals surface area contributed by atoms with Crippen LogP contribution in [-0.2, 0) is 26.0 Å². The summed E-state index contributed by atoms with van der Waals surface area (Å²) in [4.78, 5) is 26.9. The maximum atomic E-state index is 15.4. The summed E-state index contributed by atoms with van der Waals surface area (Å²) in [6.07, 6.45) is 6.39. The molecule has 234 valence electrons. The molecule has 0 bridgehead atoms. The highest BCUT2D eigenvalue weighted by molar-refractivity contribution is 7.90. The number of benzene rings is 1. The minimum atomic E-state index is -4.15. The largest absolute Gasteiger partial charge is 0.378 e. The number of ether oxygens (including phenoxy) is 1. The number of carbonyl (C=O) groups excluding carboxylic acids is 1. The lowest BCUT2D eigenvalue weighted by Crippen LogP contribution is -2.41. The van der Waals surface area contributed by atoms with E-state index in [2.05, 4.69) is 14.8 Å². The number of hydrogen-bond acceptors (Lipinski definition) is 6. The van der Waals surface area contributed by atoms with Gasteiger partial charge in [-0.2, -0.15) is 0 Å². The Hall–Kier alpha value is -4.21. The first kappa shape index (κ1) is 30.8. The van der Waals surface area contributed by atoms with Crippen LogP contribution in [0.4, 0.5) is 14.5 Å². The summed E-state index contributed by atoms with van der Waals surface area (Å²) in [5.74, 6) is -0.937. The average molecular weight is 634 g/mol. The number of aryl methyl sites for hydroxylation is 1. The van der Waals surface area contributed by atoms with E-state index in [1.54, 1.807) is 12.1 Å². The standard InChI is InChI=1S/C33H33F2N5O4S/c1-21-6-8-25(9-7-21)45(42,43)40-20-27(26-17-24(34)19-37-33(26)40)32-30(36-2)18-28(35)29(38-32)15-22-4-3-5-23(14-22)16-31(41)39-10-12-44-13-11-39/h6-9,17-20,22-23H,3-5,10-16H2,1H3/t22-,23+/m0/s1. The zero-order valence-corrected chi connectivity index (χ0v) is 25.7. The predicted molar refractivity (Wildman–Crippen MR) is 164 cm³/mol. The lowest BCUT2D eigenvalue weighted by atomic mass is 9.77. The second kappa shape index (κ2) is 12.7. The molecule has 1 saturated carbocycles. The Morgan fingerprint density at radius 2 is 1.84 bits per heavy atom. The first-order valence-corrected chi connectivity index (χ1v) is 16.5. The van der Waals surface area contributed by atoms with Crippen molar-refractivity contribution in [1.82, 2.24) is 18.8 Å². The smallest absolute Gasteiger partial charge is 0.269 e. The van der Waals surface area contributed by atoms with Crippen molar-refractivity contribution in [2.45, 2.75) is 50.3 Å². The van der Waals surface area contributed by atoms with E-state index in [1.807, 2.05) is 11.8 Å². The van der Waals surface area contributed by atoms with Gasteiger partial charge in [-0.05, 0) is 62.3 Å². The first-order chi connectivity index (χ1) is 21.6. The molecule has 1 amide bonds. The normalized spacial score (nSPS) is 19.0. The van der Waals surface area contributed by atoms with Crippen molar-refractivity contribution in [3.05, 3.63) is 83.1 Å². The predicted octanol–water partition coefficient (Wildman–Crippen LogP) is 6.07. The molecule has 0 radical (unpaired) electrons. The van der Waals surface area contributed by atoms with E-state index in [1.165, 1.54) is 18.3 Å². The van der Waals surface area contributed by atoms with Crippen molar-refractivity contribution in [1.29, 1.82) is 0 Å². The third kappa shape index (κ3) is 6.32. The second-order valence-electron chi connectivity index (χ2n) is 11.9. The second-order valence-corrected chi connectivity index (χ2v) is 13.7. The summed E-state index contributed by atoms with van der Waals surface area (Å²) in [5.41, 5.74) is 1.10. The molecule has 3 aromatic heterocycles. The topological polar surface area (TPSA) is 98.8 Å². The summed E-state index contributed by atoms with van der Waals surface area (Å²) in [6, 6.07) is 8.55. The van der Waals surface area contributed by atoms with Crippen molar-refractivity contribution in [3.63, 3.8) is 0 Å². The SMILES string of the molecule is [C-]#[N+]c1cc(F)c(C[C@H]2CCC[C@@H](CC(=O)N3CCOCC3)C2)nc1-c1cn(S(=O)(=O)c2ccc(C)cc2)c2ncc(F)cc12. The molecule has 2 aliphatic rings. The maximum Gasteiger partial charge on any atom is 0.269 e. The molecule has 2 fully saturated rings. The van der Waals surface area contributed by atoms with Crippen molar-refractivity contribution in [2.75, 3.05) is 26.3 Å². The summed E-state index contributed by atoms with van der Waals surface area (Å²) < 4.78 is 63.6. The molecule has 1 saturated heterocycles. The van der Waals surface area contributed by atoms with Gasteiger partial charge in [0.05, 0.1) is 42.3 Å². The number of hydrogen-bond donors (Lipinski definition) is 0. The van der Waals surface area contributed by atoms with Crippen molar-refractivity contribution < 1.29 is 26.7 Å². The number of pyridine rings is 2. The van der Waals surface area contributed by atoms with Crippen LogP contribution in [0.25, 0.3) is 27.1 Å². The van der Waals surface area contributed by atoms with E-state index in [4.69, 9.17) is 11.3 Å². The molecule has 4 aromatic rings. The number of fused-ring (bicyclic) bond motifs is 1. The molecule has 1 aliphatic heterocycles. The van der Waals surface area contributed by atoms with E-state index in [0.29, 0.717) is 39.1 Å². The van der Waals surface area contributed by atoms with Crippen LogP contribution in [0.3, 0.4) is 0 Å². The van der Waals surface area contributed by atoms with Crippen LogP contribution in [0.1, 0.15) is 43.4 Å². The maximum absolute atomic E-state index is 15.4. The van der Waals surface area contributed by atoms with E-state index < -0.39 is 21.7 Å². The number of carbonyl (C=O) groups is 1. The van der Waals surface area contributed by atoms with E-state index in [9.17, 15) is 17.6 Å². The zero-order chi connectivity index (χ0) is 31.7. The van der Waals surface area contributed by atoms with Gasteiger partial charge in [0.1, 0.15) is 11.6 Å². The zero-order valence-electron chi connectivity index (χ0n) is 24.9. The minimum absolute atomic E-state index is 0.0137. The van der Waals surface area contributed by atoms with Crippen LogP contribution >= 0.6 is 0 Å². The molecule has 0 spiro atoms. The molecule has 2 atom stereocenters. The molecule has 45 heavy (non-hydrogen) atoms. The van der Waals surface area contributed by atoms with Crippen molar-refractivity contribution >= 4 is 32.7 Å². The van der Waals surface area contributed by atoms with Crippen LogP contribution in [0.15, 0.2) is 53.7 Å². The van der Waals surface area contributed by atoms with Crippen LogP contribution in [0, 0.1) is 37.0 Å². The summed E-state index contributed by atoms with van der Waals surface area (Å²) in [7, 11) is -4.15. The van der Waals surface area contributed by atoms with E-state index in [0.717, 1.165) is 53.5 Å². The Morgan fingerprint density at radius 1 is 1.11 bits per heavy atom. The molecule has 12 heteroatoms. The van der Waals surface area contributed by atoms with Gasteiger partial charge in [-0.25, -0.2) is 31.0 Å². The number of nitrogens with zero attached hydrogens (tertiary/aromatic N) is 5. The van der Waals surface area contributed by atoms with Crippen LogP contribution in [0.2, 0.25) is 0 Å². The fourth-order valence-corrected chi connectivity index (χ4v) is 7.75. The summed E-state index contributed by atoms with van der Waals surface area (Å²) in [5, 5.41) is 0.139. The van der Waals surface area contributed by atoms with Gasteiger partial charge in [0, 0.05) is 36.7 Å². The summed E-state index contributed by atoms with van der Waals surface area (Å²) >= 11 is 0. The minimum Gasteiger partial charge on any atom is -0.378 e. The Labute approximate surface area is 260 Å². The summed E-state index contributed by atoms with van der Waals surface area (Å²) in [6.45, 7) is 11.9. The molecule has 9 nitrogen and oxygen atoms in total. The van der Waals surface area contributed by atoms with Gasteiger partial charge in [-0.1, -0.05) is 30.5 Å². The van der Waals surface area contributed by atoms with Crippen LogP contribution < -0.4 is 0 Å². The highest BCUT2D eigenvalue weighted by Crippen LogP contribution is 2.39. The highest BCUT2D eigenvalue weighted by atomic mass is 32.2. The monoisotopic (exact) mass is 633 g/mol. The molecule has 0 unspecified atom stereocenters. The van der Waals surface area contributed by atoms with Gasteiger partial charge < -0.3 is 9.64 Å². The van der Waals surface area contributed by atoms with Crippen LogP contribution in [-0.4, -0.2) is 59.5 Å². The third-order valence-electron chi connectivity index (χ3n) is 8.76. The molecule has 1 aliphatic carbocycles. The molecule has 6 rings (SSSR count). The van der Waals surface area contributed by atoms with Gasteiger partial charge in [-0.3, -0.25) is 9.78 Å². The molecule has 1 aromatic carbocycles.